The highest BCUT2D eigenvalue weighted by molar-refractivity contribution is 5.96. The third-order valence-corrected chi connectivity index (χ3v) is 6.61. The molecule has 0 unspecified atom stereocenters. The Bertz CT molecular complexity index is 884. The number of nitrogens with zero attached hydrogens (tertiary/aromatic N) is 1. The van der Waals surface area contributed by atoms with Gasteiger partial charge in [0.1, 0.15) is 0 Å². The van der Waals surface area contributed by atoms with Gasteiger partial charge in [-0.25, -0.2) is 4.79 Å². The number of unbranched alkanes of at least 4 members (excludes halogenated alkanes) is 1. The summed E-state index contributed by atoms with van der Waals surface area (Å²) in [4.78, 5) is 27.0. The molecule has 31 heavy (non-hydrogen) atoms. The third kappa shape index (κ3) is 5.96. The highest BCUT2D eigenvalue weighted by Crippen LogP contribution is 2.35. The zero-order valence-electron chi connectivity index (χ0n) is 18.8. The molecular formula is C27H35NO3. The van der Waals surface area contributed by atoms with Crippen LogP contribution in [0.15, 0.2) is 48.5 Å². The number of aromatic carboxylic acids is 1. The fraction of sp³-hybridized carbons (Fsp3) is 0.481. The number of carbonyl (C=O) groups is 2. The Labute approximate surface area is 186 Å². The van der Waals surface area contributed by atoms with Crippen molar-refractivity contribution in [3.8, 4) is 0 Å². The van der Waals surface area contributed by atoms with E-state index in [1.54, 1.807) is 18.2 Å². The molecule has 1 fully saturated rings. The number of amides is 1. The Kier molecular flexibility index (Phi) is 8.27. The largest absolute Gasteiger partial charge is 0.478 e. The molecule has 3 rings (SSSR count). The van der Waals surface area contributed by atoms with E-state index in [0.717, 1.165) is 54.8 Å². The van der Waals surface area contributed by atoms with Gasteiger partial charge in [-0.15, -0.1) is 0 Å². The van der Waals surface area contributed by atoms with Gasteiger partial charge in [0.05, 0.1) is 12.1 Å². The second-order valence-corrected chi connectivity index (χ2v) is 8.77. The molecule has 2 aromatic carbocycles. The summed E-state index contributed by atoms with van der Waals surface area (Å²) in [5.41, 5.74) is 3.19. The van der Waals surface area contributed by atoms with Crippen LogP contribution in [0.25, 0.3) is 0 Å². The Hall–Kier alpha value is -2.62. The number of carbonyl (C=O) groups excluding carboxylic acids is 1. The molecule has 0 heterocycles. The van der Waals surface area contributed by atoms with Crippen LogP contribution in [0.1, 0.15) is 80.3 Å². The van der Waals surface area contributed by atoms with Gasteiger partial charge in [-0.3, -0.25) is 4.79 Å². The predicted molar refractivity (Wildman–Crippen MR) is 125 cm³/mol. The molecule has 1 amide bonds. The molecule has 4 heteroatoms. The summed E-state index contributed by atoms with van der Waals surface area (Å²) in [6, 6.07) is 15.0. The van der Waals surface area contributed by atoms with E-state index in [1.165, 1.54) is 19.3 Å². The van der Waals surface area contributed by atoms with E-state index < -0.39 is 5.97 Å². The summed E-state index contributed by atoms with van der Waals surface area (Å²) < 4.78 is 0. The standard InChI is InChI=1S/C27H35NO3/c1-3-5-9-20-14-16-23(17-15-20)26(29)28(25-13-7-6-11-22(25)4-2)19-21-10-8-12-24(18-21)27(30)31/h6-8,10-13,18,20,23H,3-5,9,14-17,19H2,1-2H3,(H,30,31). The molecule has 0 spiro atoms. The van der Waals surface area contributed by atoms with E-state index in [-0.39, 0.29) is 17.4 Å². The van der Waals surface area contributed by atoms with Gasteiger partial charge in [-0.1, -0.05) is 63.4 Å². The highest BCUT2D eigenvalue weighted by Gasteiger charge is 2.30. The van der Waals surface area contributed by atoms with Crippen LogP contribution in [0.4, 0.5) is 5.69 Å². The molecule has 0 saturated heterocycles. The topological polar surface area (TPSA) is 57.6 Å². The Balaban J connectivity index is 1.83. The Morgan fingerprint density at radius 1 is 1.00 bits per heavy atom. The summed E-state index contributed by atoms with van der Waals surface area (Å²) in [5, 5.41) is 9.36. The number of hydrogen-bond donors (Lipinski definition) is 1. The van der Waals surface area contributed by atoms with E-state index in [2.05, 4.69) is 19.9 Å². The molecule has 0 bridgehead atoms. The molecule has 0 aliphatic heterocycles. The van der Waals surface area contributed by atoms with Crippen LogP contribution in [0.3, 0.4) is 0 Å². The summed E-state index contributed by atoms with van der Waals surface area (Å²) in [6.07, 6.45) is 8.80. The fourth-order valence-electron chi connectivity index (χ4n) is 4.75. The van der Waals surface area contributed by atoms with Crippen molar-refractivity contribution in [2.75, 3.05) is 4.90 Å². The monoisotopic (exact) mass is 421 g/mol. The molecule has 1 aliphatic rings. The Morgan fingerprint density at radius 3 is 2.42 bits per heavy atom. The number of para-hydroxylation sites is 1. The quantitative estimate of drug-likeness (QED) is 0.504. The maximum absolute atomic E-state index is 13.7. The van der Waals surface area contributed by atoms with Crippen molar-refractivity contribution in [2.24, 2.45) is 11.8 Å². The van der Waals surface area contributed by atoms with Crippen LogP contribution in [-0.4, -0.2) is 17.0 Å². The summed E-state index contributed by atoms with van der Waals surface area (Å²) in [7, 11) is 0. The lowest BCUT2D eigenvalue weighted by Crippen LogP contribution is -2.38. The number of aryl methyl sites for hydroxylation is 1. The van der Waals surface area contributed by atoms with Gasteiger partial charge in [0, 0.05) is 11.6 Å². The number of carboxylic acid groups (broad SMARTS) is 1. The number of carboxylic acids is 1. The minimum Gasteiger partial charge on any atom is -0.478 e. The molecule has 1 saturated carbocycles. The van der Waals surface area contributed by atoms with E-state index in [9.17, 15) is 14.7 Å². The number of hydrogen-bond acceptors (Lipinski definition) is 2. The minimum atomic E-state index is -0.945. The van der Waals surface area contributed by atoms with Crippen LogP contribution < -0.4 is 4.90 Å². The lowest BCUT2D eigenvalue weighted by molar-refractivity contribution is -0.123. The van der Waals surface area contributed by atoms with Crippen molar-refractivity contribution in [3.63, 3.8) is 0 Å². The first-order valence-electron chi connectivity index (χ1n) is 11.7. The molecule has 2 aromatic rings. The van der Waals surface area contributed by atoms with E-state index in [1.807, 2.05) is 29.2 Å². The van der Waals surface area contributed by atoms with Gasteiger partial charge in [-0.2, -0.15) is 0 Å². The van der Waals surface area contributed by atoms with Crippen LogP contribution in [0.2, 0.25) is 0 Å². The Morgan fingerprint density at radius 2 is 1.74 bits per heavy atom. The minimum absolute atomic E-state index is 0.0467. The summed E-state index contributed by atoms with van der Waals surface area (Å²) in [6.45, 7) is 4.73. The first kappa shape index (κ1) is 23.1. The SMILES string of the molecule is CCCCC1CCC(C(=O)N(Cc2cccc(C(=O)O)c2)c2ccccc2CC)CC1. The van der Waals surface area contributed by atoms with Gasteiger partial charge in [0.15, 0.2) is 0 Å². The van der Waals surface area contributed by atoms with Gasteiger partial charge >= 0.3 is 5.97 Å². The van der Waals surface area contributed by atoms with Crippen LogP contribution in [0.5, 0.6) is 0 Å². The number of rotatable bonds is 9. The second kappa shape index (κ2) is 11.1. The summed E-state index contributed by atoms with van der Waals surface area (Å²) in [5.74, 6) is 0.0349. The van der Waals surface area contributed by atoms with Crippen molar-refractivity contribution in [1.82, 2.24) is 0 Å². The van der Waals surface area contributed by atoms with Gasteiger partial charge in [0.2, 0.25) is 5.91 Å². The van der Waals surface area contributed by atoms with E-state index in [0.29, 0.717) is 6.54 Å². The van der Waals surface area contributed by atoms with Crippen LogP contribution in [-0.2, 0) is 17.8 Å². The smallest absolute Gasteiger partial charge is 0.335 e. The van der Waals surface area contributed by atoms with Crippen LogP contribution >= 0.6 is 0 Å². The van der Waals surface area contributed by atoms with Crippen molar-refractivity contribution in [2.45, 2.75) is 71.8 Å². The lowest BCUT2D eigenvalue weighted by Gasteiger charge is -2.33. The first-order valence-corrected chi connectivity index (χ1v) is 11.7. The average molecular weight is 422 g/mol. The van der Waals surface area contributed by atoms with Crippen molar-refractivity contribution >= 4 is 17.6 Å². The van der Waals surface area contributed by atoms with Gasteiger partial charge in [0.25, 0.3) is 0 Å². The molecular weight excluding hydrogens is 386 g/mol. The molecule has 4 nitrogen and oxygen atoms in total. The maximum atomic E-state index is 13.7. The molecule has 1 aliphatic carbocycles. The number of anilines is 1. The number of benzene rings is 2. The molecule has 0 radical (unpaired) electrons. The third-order valence-electron chi connectivity index (χ3n) is 6.61. The summed E-state index contributed by atoms with van der Waals surface area (Å²) >= 11 is 0. The van der Waals surface area contributed by atoms with Crippen molar-refractivity contribution < 1.29 is 14.7 Å². The maximum Gasteiger partial charge on any atom is 0.335 e. The van der Waals surface area contributed by atoms with E-state index >= 15 is 0 Å². The van der Waals surface area contributed by atoms with Crippen LogP contribution in [0, 0.1) is 11.8 Å². The molecule has 0 atom stereocenters. The molecule has 1 N–H and O–H groups in total. The highest BCUT2D eigenvalue weighted by atomic mass is 16.4. The molecule has 166 valence electrons. The van der Waals surface area contributed by atoms with Gasteiger partial charge in [-0.05, 0) is 67.3 Å². The zero-order chi connectivity index (χ0) is 22.2. The van der Waals surface area contributed by atoms with Gasteiger partial charge < -0.3 is 10.0 Å². The van der Waals surface area contributed by atoms with Crippen molar-refractivity contribution in [3.05, 3.63) is 65.2 Å². The fourth-order valence-corrected chi connectivity index (χ4v) is 4.75. The van der Waals surface area contributed by atoms with Crippen molar-refractivity contribution in [1.29, 1.82) is 0 Å². The molecule has 0 aromatic heterocycles. The average Bonchev–Trinajstić information content (AvgIpc) is 2.81. The van der Waals surface area contributed by atoms with E-state index in [4.69, 9.17) is 0 Å². The lowest BCUT2D eigenvalue weighted by atomic mass is 9.79. The normalized spacial score (nSPS) is 18.5. The zero-order valence-corrected chi connectivity index (χ0v) is 18.8. The predicted octanol–water partition coefficient (Wildman–Crippen LogP) is 6.48. The second-order valence-electron chi connectivity index (χ2n) is 8.77. The first-order chi connectivity index (χ1) is 15.0.